The van der Waals surface area contributed by atoms with Crippen LogP contribution in [0.4, 0.5) is 0 Å². The molecule has 2 aromatic rings. The Balaban J connectivity index is 1.76. The molecule has 0 aliphatic carbocycles. The standard InChI is InChI=1S/C18H19N5OS/c1-22-16(24)13-10-23(15(19)12-6-3-2-4-7-12)11-18(13,21-17(22)20)14-8-5-9-25-14/h2-9,13,19H,10-11H2,1H3,(H2,20,21)/t13?,18-/m0/s1. The summed E-state index contributed by atoms with van der Waals surface area (Å²) in [4.78, 5) is 22.0. The molecule has 3 N–H and O–H groups in total. The molecule has 1 saturated heterocycles. The molecule has 128 valence electrons. The van der Waals surface area contributed by atoms with Gasteiger partial charge in [0.2, 0.25) is 5.91 Å². The van der Waals surface area contributed by atoms with Gasteiger partial charge in [0.1, 0.15) is 11.4 Å². The zero-order valence-corrected chi connectivity index (χ0v) is 14.7. The molecule has 2 aliphatic rings. The largest absolute Gasteiger partial charge is 0.369 e. The average Bonchev–Trinajstić information content (AvgIpc) is 3.28. The Morgan fingerprint density at radius 3 is 2.76 bits per heavy atom. The number of carbonyl (C=O) groups is 1. The first-order valence-corrected chi connectivity index (χ1v) is 8.97. The maximum Gasteiger partial charge on any atom is 0.236 e. The summed E-state index contributed by atoms with van der Waals surface area (Å²) in [5.74, 6) is 0.273. The number of nitrogens with one attached hydrogen (secondary N) is 1. The predicted molar refractivity (Wildman–Crippen MR) is 98.7 cm³/mol. The van der Waals surface area contributed by atoms with Crippen molar-refractivity contribution in [2.75, 3.05) is 20.1 Å². The number of carbonyl (C=O) groups excluding carboxylic acids is 1. The molecule has 0 radical (unpaired) electrons. The summed E-state index contributed by atoms with van der Waals surface area (Å²) >= 11 is 1.58. The van der Waals surface area contributed by atoms with Crippen LogP contribution in [0.3, 0.4) is 0 Å². The van der Waals surface area contributed by atoms with Crippen molar-refractivity contribution in [2.45, 2.75) is 5.54 Å². The molecule has 6 nitrogen and oxygen atoms in total. The van der Waals surface area contributed by atoms with Crippen LogP contribution in [0.15, 0.2) is 52.8 Å². The molecule has 1 aromatic heterocycles. The number of amidine groups is 1. The molecule has 1 fully saturated rings. The lowest BCUT2D eigenvalue weighted by Crippen LogP contribution is -2.54. The van der Waals surface area contributed by atoms with E-state index in [9.17, 15) is 4.79 Å². The summed E-state index contributed by atoms with van der Waals surface area (Å²) in [7, 11) is 1.66. The fourth-order valence-electron chi connectivity index (χ4n) is 3.64. The molecular formula is C18H19N5OS. The van der Waals surface area contributed by atoms with Gasteiger partial charge in [-0.25, -0.2) is 4.99 Å². The van der Waals surface area contributed by atoms with Crippen LogP contribution in [-0.2, 0) is 10.3 Å². The van der Waals surface area contributed by atoms with Crippen molar-refractivity contribution in [3.05, 3.63) is 58.3 Å². The van der Waals surface area contributed by atoms with Gasteiger partial charge in [-0.2, -0.15) is 0 Å². The Morgan fingerprint density at radius 2 is 2.08 bits per heavy atom. The van der Waals surface area contributed by atoms with Crippen LogP contribution in [0.1, 0.15) is 10.4 Å². The van der Waals surface area contributed by atoms with Gasteiger partial charge in [-0.1, -0.05) is 36.4 Å². The lowest BCUT2D eigenvalue weighted by molar-refractivity contribution is -0.132. The Morgan fingerprint density at radius 1 is 1.32 bits per heavy atom. The number of fused-ring (bicyclic) bond motifs is 1. The Hall–Kier alpha value is -2.67. The lowest BCUT2D eigenvalue weighted by Gasteiger charge is -2.36. The van der Waals surface area contributed by atoms with Crippen LogP contribution >= 0.6 is 11.3 Å². The summed E-state index contributed by atoms with van der Waals surface area (Å²) in [6.07, 6.45) is 0. The number of rotatable bonds is 2. The second kappa shape index (κ2) is 5.70. The van der Waals surface area contributed by atoms with E-state index in [1.807, 2.05) is 52.7 Å². The molecule has 1 aromatic carbocycles. The fourth-order valence-corrected chi connectivity index (χ4v) is 4.55. The minimum Gasteiger partial charge on any atom is -0.369 e. The highest BCUT2D eigenvalue weighted by molar-refractivity contribution is 7.10. The number of amides is 1. The van der Waals surface area contributed by atoms with Gasteiger partial charge < -0.3 is 10.6 Å². The molecule has 3 heterocycles. The topological polar surface area (TPSA) is 85.8 Å². The van der Waals surface area contributed by atoms with Gasteiger partial charge in [-0.3, -0.25) is 15.1 Å². The number of thiophene rings is 1. The van der Waals surface area contributed by atoms with Gasteiger partial charge in [0.25, 0.3) is 0 Å². The van der Waals surface area contributed by atoms with Crippen LogP contribution in [0.5, 0.6) is 0 Å². The molecule has 1 unspecified atom stereocenters. The summed E-state index contributed by atoms with van der Waals surface area (Å²) < 4.78 is 0. The van der Waals surface area contributed by atoms with E-state index >= 15 is 0 Å². The summed E-state index contributed by atoms with van der Waals surface area (Å²) in [5, 5.41) is 10.6. The number of hydrogen-bond acceptors (Lipinski definition) is 5. The van der Waals surface area contributed by atoms with Crippen molar-refractivity contribution >= 4 is 29.0 Å². The van der Waals surface area contributed by atoms with E-state index in [-0.39, 0.29) is 17.8 Å². The molecule has 2 aliphatic heterocycles. The SMILES string of the molecule is CN1C(=O)C2CN(C(=N)c3ccccc3)C[C@]2(c2cccs2)N=C1N. The first kappa shape index (κ1) is 15.8. The lowest BCUT2D eigenvalue weighted by atomic mass is 9.84. The molecule has 1 amide bonds. The van der Waals surface area contributed by atoms with Crippen molar-refractivity contribution in [3.63, 3.8) is 0 Å². The summed E-state index contributed by atoms with van der Waals surface area (Å²) in [6.45, 7) is 0.942. The smallest absolute Gasteiger partial charge is 0.236 e. The third-order valence-corrected chi connectivity index (χ3v) is 6.05. The average molecular weight is 353 g/mol. The van der Waals surface area contributed by atoms with Crippen LogP contribution in [0.2, 0.25) is 0 Å². The molecule has 0 spiro atoms. The Kier molecular flexibility index (Phi) is 3.61. The van der Waals surface area contributed by atoms with Crippen molar-refractivity contribution in [1.29, 1.82) is 5.41 Å². The third kappa shape index (κ3) is 2.34. The second-order valence-electron chi connectivity index (χ2n) is 6.42. The van der Waals surface area contributed by atoms with Crippen LogP contribution < -0.4 is 5.73 Å². The van der Waals surface area contributed by atoms with E-state index in [4.69, 9.17) is 16.1 Å². The number of aliphatic imine (C=N–C) groups is 1. The molecule has 0 saturated carbocycles. The van der Waals surface area contributed by atoms with E-state index in [1.165, 1.54) is 4.90 Å². The quantitative estimate of drug-likeness (QED) is 0.636. The van der Waals surface area contributed by atoms with Crippen molar-refractivity contribution in [1.82, 2.24) is 9.80 Å². The van der Waals surface area contributed by atoms with E-state index in [2.05, 4.69) is 0 Å². The van der Waals surface area contributed by atoms with Gasteiger partial charge in [-0.05, 0) is 11.4 Å². The highest BCUT2D eigenvalue weighted by atomic mass is 32.1. The van der Waals surface area contributed by atoms with Crippen LogP contribution in [-0.4, -0.2) is 47.6 Å². The zero-order chi connectivity index (χ0) is 17.6. The van der Waals surface area contributed by atoms with Crippen molar-refractivity contribution in [3.8, 4) is 0 Å². The molecule has 2 atom stereocenters. The van der Waals surface area contributed by atoms with E-state index in [0.717, 1.165) is 10.4 Å². The van der Waals surface area contributed by atoms with Gasteiger partial charge in [-0.15, -0.1) is 11.3 Å². The first-order chi connectivity index (χ1) is 12.0. The minimum atomic E-state index is -0.705. The second-order valence-corrected chi connectivity index (χ2v) is 7.36. The van der Waals surface area contributed by atoms with Gasteiger partial charge in [0.05, 0.1) is 12.5 Å². The number of likely N-dealkylation sites (tertiary alicyclic amines) is 1. The zero-order valence-electron chi connectivity index (χ0n) is 13.8. The summed E-state index contributed by atoms with van der Waals surface area (Å²) in [5.41, 5.74) is 6.16. The third-order valence-electron chi connectivity index (χ3n) is 5.01. The predicted octanol–water partition coefficient (Wildman–Crippen LogP) is 1.69. The Bertz CT molecular complexity index is 848. The number of nitrogens with zero attached hydrogens (tertiary/aromatic N) is 3. The monoisotopic (exact) mass is 353 g/mol. The van der Waals surface area contributed by atoms with Crippen molar-refractivity contribution < 1.29 is 4.79 Å². The van der Waals surface area contributed by atoms with Crippen LogP contribution in [0, 0.1) is 11.3 Å². The van der Waals surface area contributed by atoms with Crippen LogP contribution in [0.25, 0.3) is 0 Å². The molecule has 25 heavy (non-hydrogen) atoms. The highest BCUT2D eigenvalue weighted by Gasteiger charge is 2.56. The molecule has 7 heteroatoms. The van der Waals surface area contributed by atoms with Gasteiger partial charge in [0, 0.05) is 24.0 Å². The highest BCUT2D eigenvalue weighted by Crippen LogP contribution is 2.45. The fraction of sp³-hybridized carbons (Fsp3) is 0.278. The normalized spacial score (nSPS) is 25.7. The first-order valence-electron chi connectivity index (χ1n) is 8.09. The maximum atomic E-state index is 12.9. The number of hydrogen-bond donors (Lipinski definition) is 2. The number of nitrogens with two attached hydrogens (primary N) is 1. The minimum absolute atomic E-state index is 0.0377. The molecule has 0 bridgehead atoms. The molecule has 4 rings (SSSR count). The van der Waals surface area contributed by atoms with Gasteiger partial charge in [0.15, 0.2) is 5.96 Å². The van der Waals surface area contributed by atoms with E-state index < -0.39 is 5.54 Å². The van der Waals surface area contributed by atoms with Crippen molar-refractivity contribution in [2.24, 2.45) is 16.6 Å². The Labute approximate surface area is 150 Å². The number of guanidine groups is 1. The van der Waals surface area contributed by atoms with E-state index in [1.54, 1.807) is 18.4 Å². The molecular weight excluding hydrogens is 334 g/mol. The summed E-state index contributed by atoms with van der Waals surface area (Å²) in [6, 6.07) is 13.5. The van der Waals surface area contributed by atoms with E-state index in [0.29, 0.717) is 18.9 Å². The maximum absolute atomic E-state index is 12.9. The van der Waals surface area contributed by atoms with Gasteiger partial charge >= 0.3 is 0 Å². The number of benzene rings is 1.